The van der Waals surface area contributed by atoms with Gasteiger partial charge in [0.25, 0.3) is 11.8 Å². The number of benzene rings is 1. The van der Waals surface area contributed by atoms with Gasteiger partial charge in [-0.05, 0) is 31.5 Å². The van der Waals surface area contributed by atoms with Crippen molar-refractivity contribution >= 4 is 39.1 Å². The van der Waals surface area contributed by atoms with Crippen molar-refractivity contribution in [2.75, 3.05) is 11.9 Å². The van der Waals surface area contributed by atoms with Gasteiger partial charge in [0.1, 0.15) is 16.3 Å². The Morgan fingerprint density at radius 2 is 1.96 bits per heavy atom. The van der Waals surface area contributed by atoms with E-state index in [0.717, 1.165) is 10.9 Å². The Bertz CT molecular complexity index is 1080. The van der Waals surface area contributed by atoms with Crippen molar-refractivity contribution in [1.29, 1.82) is 0 Å². The van der Waals surface area contributed by atoms with E-state index < -0.39 is 17.4 Å². The SMILES string of the molecule is CCOc1ccc2c(C(=O)Nc3sc(CC)cc3C(N)=O)cc(=O)oc2c1. The second-order valence-corrected chi connectivity index (χ2v) is 6.83. The minimum absolute atomic E-state index is 0.145. The second-order valence-electron chi connectivity index (χ2n) is 5.70. The first-order valence-corrected chi connectivity index (χ1v) is 9.19. The molecule has 0 spiro atoms. The Labute approximate surface area is 158 Å². The third-order valence-electron chi connectivity index (χ3n) is 3.90. The molecule has 2 amide bonds. The summed E-state index contributed by atoms with van der Waals surface area (Å²) in [7, 11) is 0. The normalized spacial score (nSPS) is 10.7. The maximum absolute atomic E-state index is 12.8. The molecule has 3 N–H and O–H groups in total. The van der Waals surface area contributed by atoms with Gasteiger partial charge in [-0.3, -0.25) is 9.59 Å². The maximum Gasteiger partial charge on any atom is 0.337 e. The van der Waals surface area contributed by atoms with Crippen LogP contribution in [0.3, 0.4) is 0 Å². The summed E-state index contributed by atoms with van der Waals surface area (Å²) in [5.41, 5.74) is 5.37. The van der Waals surface area contributed by atoms with Gasteiger partial charge in [0.15, 0.2) is 0 Å². The zero-order valence-corrected chi connectivity index (χ0v) is 15.6. The third kappa shape index (κ3) is 3.85. The Hall–Kier alpha value is -3.13. The van der Waals surface area contributed by atoms with Gasteiger partial charge in [-0.25, -0.2) is 4.79 Å². The number of thiophene rings is 1. The number of hydrogen-bond donors (Lipinski definition) is 2. The summed E-state index contributed by atoms with van der Waals surface area (Å²) < 4.78 is 10.6. The number of ether oxygens (including phenoxy) is 1. The van der Waals surface area contributed by atoms with Gasteiger partial charge in [-0.2, -0.15) is 0 Å². The van der Waals surface area contributed by atoms with Crippen LogP contribution in [0.5, 0.6) is 5.75 Å². The number of carbonyl (C=O) groups excluding carboxylic acids is 2. The van der Waals surface area contributed by atoms with Crippen molar-refractivity contribution in [3.63, 3.8) is 0 Å². The van der Waals surface area contributed by atoms with E-state index in [1.807, 2.05) is 13.8 Å². The molecule has 140 valence electrons. The molecule has 0 atom stereocenters. The summed E-state index contributed by atoms with van der Waals surface area (Å²) in [6, 6.07) is 7.69. The van der Waals surface area contributed by atoms with Crippen LogP contribution in [-0.4, -0.2) is 18.4 Å². The quantitative estimate of drug-likeness (QED) is 0.632. The van der Waals surface area contributed by atoms with Crippen molar-refractivity contribution in [2.45, 2.75) is 20.3 Å². The minimum atomic E-state index is -0.656. The van der Waals surface area contributed by atoms with Gasteiger partial charge < -0.3 is 20.2 Å². The van der Waals surface area contributed by atoms with Crippen LogP contribution in [0.1, 0.15) is 39.4 Å². The van der Waals surface area contributed by atoms with Gasteiger partial charge >= 0.3 is 5.63 Å². The fraction of sp³-hybridized carbons (Fsp3) is 0.211. The summed E-state index contributed by atoms with van der Waals surface area (Å²) in [6.45, 7) is 4.24. The molecule has 0 aliphatic heterocycles. The number of anilines is 1. The van der Waals surface area contributed by atoms with Gasteiger partial charge in [-0.1, -0.05) is 6.92 Å². The number of fused-ring (bicyclic) bond motifs is 1. The highest BCUT2D eigenvalue weighted by atomic mass is 32.1. The number of carbonyl (C=O) groups is 2. The van der Waals surface area contributed by atoms with E-state index in [2.05, 4.69) is 5.32 Å². The molecule has 1 aromatic carbocycles. The van der Waals surface area contributed by atoms with Gasteiger partial charge in [0.2, 0.25) is 0 Å². The van der Waals surface area contributed by atoms with Gasteiger partial charge in [-0.15, -0.1) is 11.3 Å². The lowest BCUT2D eigenvalue weighted by Gasteiger charge is -2.08. The summed E-state index contributed by atoms with van der Waals surface area (Å²) in [5, 5.41) is 3.51. The largest absolute Gasteiger partial charge is 0.494 e. The lowest BCUT2D eigenvalue weighted by atomic mass is 10.1. The summed E-state index contributed by atoms with van der Waals surface area (Å²) in [6.07, 6.45) is 0.707. The molecule has 27 heavy (non-hydrogen) atoms. The Morgan fingerprint density at radius 3 is 2.63 bits per heavy atom. The van der Waals surface area contributed by atoms with Crippen LogP contribution in [0.25, 0.3) is 11.0 Å². The van der Waals surface area contributed by atoms with Gasteiger partial charge in [0.05, 0.1) is 17.7 Å². The molecule has 0 fully saturated rings. The van der Waals surface area contributed by atoms with Crippen LogP contribution in [-0.2, 0) is 6.42 Å². The Balaban J connectivity index is 2.02. The predicted octanol–water partition coefficient (Wildman–Crippen LogP) is 3.17. The molecule has 3 aromatic rings. The summed E-state index contributed by atoms with van der Waals surface area (Å²) in [4.78, 5) is 37.2. The number of amides is 2. The van der Waals surface area contributed by atoms with Gasteiger partial charge in [0, 0.05) is 22.4 Å². The number of nitrogens with two attached hydrogens (primary N) is 1. The number of nitrogens with one attached hydrogen (secondary N) is 1. The highest BCUT2D eigenvalue weighted by Gasteiger charge is 2.19. The van der Waals surface area contributed by atoms with E-state index in [1.54, 1.807) is 24.3 Å². The molecule has 7 nitrogen and oxygen atoms in total. The molecule has 0 saturated carbocycles. The first-order valence-electron chi connectivity index (χ1n) is 8.37. The van der Waals surface area contributed by atoms with Crippen molar-refractivity contribution in [2.24, 2.45) is 5.73 Å². The summed E-state index contributed by atoms with van der Waals surface area (Å²) in [5.74, 6) is -0.614. The number of primary amides is 1. The predicted molar refractivity (Wildman–Crippen MR) is 104 cm³/mol. The van der Waals surface area contributed by atoms with Crippen LogP contribution in [0, 0.1) is 0 Å². The fourth-order valence-corrected chi connectivity index (χ4v) is 3.65. The number of aryl methyl sites for hydroxylation is 1. The lowest BCUT2D eigenvalue weighted by molar-refractivity contribution is 0.100. The molecule has 0 unspecified atom stereocenters. The zero-order chi connectivity index (χ0) is 19.6. The highest BCUT2D eigenvalue weighted by Crippen LogP contribution is 2.30. The molecule has 0 aliphatic rings. The monoisotopic (exact) mass is 386 g/mol. The Morgan fingerprint density at radius 1 is 1.19 bits per heavy atom. The van der Waals surface area contributed by atoms with E-state index in [-0.39, 0.29) is 16.7 Å². The third-order valence-corrected chi connectivity index (χ3v) is 5.09. The maximum atomic E-state index is 12.8. The van der Waals surface area contributed by atoms with Crippen LogP contribution in [0.15, 0.2) is 39.5 Å². The van der Waals surface area contributed by atoms with E-state index in [1.165, 1.54) is 11.3 Å². The molecule has 8 heteroatoms. The average molecular weight is 386 g/mol. The number of rotatable bonds is 6. The highest BCUT2D eigenvalue weighted by molar-refractivity contribution is 7.16. The molecule has 0 saturated heterocycles. The zero-order valence-electron chi connectivity index (χ0n) is 14.8. The average Bonchev–Trinajstić information content (AvgIpc) is 3.04. The molecule has 3 rings (SSSR count). The second kappa shape index (κ2) is 7.63. The van der Waals surface area contributed by atoms with E-state index in [4.69, 9.17) is 14.9 Å². The van der Waals surface area contributed by atoms with E-state index in [0.29, 0.717) is 29.2 Å². The Kier molecular flexibility index (Phi) is 5.27. The molecular weight excluding hydrogens is 368 g/mol. The van der Waals surface area contributed by atoms with E-state index in [9.17, 15) is 14.4 Å². The molecule has 2 heterocycles. The number of hydrogen-bond acceptors (Lipinski definition) is 6. The van der Waals surface area contributed by atoms with E-state index >= 15 is 0 Å². The van der Waals surface area contributed by atoms with Crippen molar-refractivity contribution in [3.05, 3.63) is 56.8 Å². The topological polar surface area (TPSA) is 112 Å². The molecule has 0 bridgehead atoms. The van der Waals surface area contributed by atoms with Crippen LogP contribution in [0.4, 0.5) is 5.00 Å². The fourth-order valence-electron chi connectivity index (χ4n) is 2.65. The summed E-state index contributed by atoms with van der Waals surface area (Å²) >= 11 is 1.28. The van der Waals surface area contributed by atoms with Crippen molar-refractivity contribution in [3.8, 4) is 5.75 Å². The van der Waals surface area contributed by atoms with Crippen molar-refractivity contribution < 1.29 is 18.7 Å². The first kappa shape index (κ1) is 18.7. The van der Waals surface area contributed by atoms with Crippen LogP contribution in [0.2, 0.25) is 0 Å². The lowest BCUT2D eigenvalue weighted by Crippen LogP contribution is -2.18. The smallest absolute Gasteiger partial charge is 0.337 e. The molecule has 0 radical (unpaired) electrons. The van der Waals surface area contributed by atoms with Crippen LogP contribution < -0.4 is 21.4 Å². The van der Waals surface area contributed by atoms with Crippen LogP contribution >= 0.6 is 11.3 Å². The molecule has 2 aromatic heterocycles. The minimum Gasteiger partial charge on any atom is -0.494 e. The molecular formula is C19H18N2O5S. The standard InChI is InChI=1S/C19H18N2O5S/c1-3-11-8-14(17(20)23)19(27-11)21-18(24)13-9-16(22)26-15-7-10(25-4-2)5-6-12(13)15/h5-9H,3-4H2,1-2H3,(H2,20,23)(H,21,24). The molecule has 0 aliphatic carbocycles. The van der Waals surface area contributed by atoms with Crippen molar-refractivity contribution in [1.82, 2.24) is 0 Å². The first-order chi connectivity index (χ1) is 12.9.